The molecule has 0 aliphatic carbocycles. The monoisotopic (exact) mass is 443 g/mol. The summed E-state index contributed by atoms with van der Waals surface area (Å²) in [5.74, 6) is 0.967. The molecule has 0 bridgehead atoms. The first kappa shape index (κ1) is 22.3. The predicted molar refractivity (Wildman–Crippen MR) is 110 cm³/mol. The molecule has 6 heteroatoms. The number of halogens is 1. The Morgan fingerprint density at radius 1 is 1.14 bits per heavy atom. The number of nitrogens with zero attached hydrogens (tertiary/aromatic N) is 1. The van der Waals surface area contributed by atoms with E-state index in [0.717, 1.165) is 51.6 Å². The van der Waals surface area contributed by atoms with Crippen LogP contribution in [-0.2, 0) is 4.74 Å². The SMILES string of the molecule is CCCCCCNC(=NCC1(SC)CCOCC1)NCC.I. The van der Waals surface area contributed by atoms with Crippen LogP contribution in [0.5, 0.6) is 0 Å². The Morgan fingerprint density at radius 3 is 2.45 bits per heavy atom. The van der Waals surface area contributed by atoms with Gasteiger partial charge >= 0.3 is 0 Å². The molecule has 22 heavy (non-hydrogen) atoms. The van der Waals surface area contributed by atoms with Gasteiger partial charge in [-0.3, -0.25) is 4.99 Å². The molecule has 0 atom stereocenters. The Kier molecular flexibility index (Phi) is 13.9. The topological polar surface area (TPSA) is 45.7 Å². The third-order valence-electron chi connectivity index (χ3n) is 4.03. The summed E-state index contributed by atoms with van der Waals surface area (Å²) < 4.78 is 5.76. The number of guanidine groups is 1. The summed E-state index contributed by atoms with van der Waals surface area (Å²) in [6, 6.07) is 0. The highest BCUT2D eigenvalue weighted by molar-refractivity contribution is 14.0. The van der Waals surface area contributed by atoms with E-state index in [1.807, 2.05) is 11.8 Å². The van der Waals surface area contributed by atoms with Crippen molar-refractivity contribution in [3.63, 3.8) is 0 Å². The van der Waals surface area contributed by atoms with Crippen LogP contribution in [0.3, 0.4) is 0 Å². The van der Waals surface area contributed by atoms with Gasteiger partial charge in [-0.2, -0.15) is 11.8 Å². The second-order valence-corrected chi connectivity index (χ2v) is 6.96. The summed E-state index contributed by atoms with van der Waals surface area (Å²) in [6.45, 7) is 8.91. The van der Waals surface area contributed by atoms with Gasteiger partial charge in [0.05, 0.1) is 6.54 Å². The number of thioether (sulfide) groups is 1. The molecule has 0 spiro atoms. The molecule has 0 amide bonds. The molecule has 2 N–H and O–H groups in total. The minimum atomic E-state index is 0. The molecule has 0 aromatic carbocycles. The number of rotatable bonds is 9. The van der Waals surface area contributed by atoms with Crippen molar-refractivity contribution in [3.8, 4) is 0 Å². The molecule has 132 valence electrons. The van der Waals surface area contributed by atoms with Gasteiger partial charge in [0.25, 0.3) is 0 Å². The van der Waals surface area contributed by atoms with Crippen LogP contribution in [0, 0.1) is 0 Å². The maximum Gasteiger partial charge on any atom is 0.191 e. The number of aliphatic imine (C=N–C) groups is 1. The number of hydrogen-bond donors (Lipinski definition) is 2. The van der Waals surface area contributed by atoms with Crippen molar-refractivity contribution < 1.29 is 4.74 Å². The van der Waals surface area contributed by atoms with Crippen molar-refractivity contribution in [2.45, 2.75) is 57.1 Å². The van der Waals surface area contributed by atoms with Crippen LogP contribution in [0.4, 0.5) is 0 Å². The molecule has 0 aromatic rings. The highest BCUT2D eigenvalue weighted by atomic mass is 127. The third-order valence-corrected chi connectivity index (χ3v) is 5.43. The standard InChI is InChI=1S/C16H33N3OS.HI/c1-4-6-7-8-11-18-15(17-5-2)19-14-16(21-3)9-12-20-13-10-16;/h4-14H2,1-3H3,(H2,17,18,19);1H. The van der Waals surface area contributed by atoms with E-state index in [0.29, 0.717) is 0 Å². The number of hydrogen-bond acceptors (Lipinski definition) is 3. The molecular weight excluding hydrogens is 409 g/mol. The van der Waals surface area contributed by atoms with Gasteiger partial charge in [0.1, 0.15) is 0 Å². The molecule has 1 saturated heterocycles. The van der Waals surface area contributed by atoms with Crippen LogP contribution in [0.2, 0.25) is 0 Å². The van der Waals surface area contributed by atoms with Crippen molar-refractivity contribution in [1.29, 1.82) is 0 Å². The lowest BCUT2D eigenvalue weighted by Gasteiger charge is -2.34. The van der Waals surface area contributed by atoms with Gasteiger partial charge in [-0.15, -0.1) is 24.0 Å². The lowest BCUT2D eigenvalue weighted by atomic mass is 9.99. The Bertz CT molecular complexity index is 297. The maximum absolute atomic E-state index is 5.49. The van der Waals surface area contributed by atoms with E-state index in [1.54, 1.807) is 0 Å². The quantitative estimate of drug-likeness (QED) is 0.247. The van der Waals surface area contributed by atoms with E-state index in [-0.39, 0.29) is 28.7 Å². The van der Waals surface area contributed by atoms with Crippen LogP contribution >= 0.6 is 35.7 Å². The summed E-state index contributed by atoms with van der Waals surface area (Å²) in [5.41, 5.74) is 0. The lowest BCUT2D eigenvalue weighted by Crippen LogP contribution is -2.41. The average Bonchev–Trinajstić information content (AvgIpc) is 2.53. The molecule has 1 heterocycles. The maximum atomic E-state index is 5.49. The largest absolute Gasteiger partial charge is 0.381 e. The van der Waals surface area contributed by atoms with E-state index in [1.165, 1.54) is 25.7 Å². The molecular formula is C16H34IN3OS. The third kappa shape index (κ3) is 8.82. The fraction of sp³-hybridized carbons (Fsp3) is 0.938. The van der Waals surface area contributed by atoms with E-state index >= 15 is 0 Å². The first-order valence-corrected chi connectivity index (χ1v) is 9.64. The Morgan fingerprint density at radius 2 is 1.86 bits per heavy atom. The van der Waals surface area contributed by atoms with Crippen LogP contribution in [0.1, 0.15) is 52.4 Å². The fourth-order valence-corrected chi connectivity index (χ4v) is 3.26. The van der Waals surface area contributed by atoms with Crippen LogP contribution in [0.15, 0.2) is 4.99 Å². The summed E-state index contributed by atoms with van der Waals surface area (Å²) in [4.78, 5) is 4.82. The second-order valence-electron chi connectivity index (χ2n) is 5.68. The first-order chi connectivity index (χ1) is 10.3. The molecule has 1 rings (SSSR count). The minimum Gasteiger partial charge on any atom is -0.381 e. The molecule has 0 radical (unpaired) electrons. The van der Waals surface area contributed by atoms with E-state index < -0.39 is 0 Å². The highest BCUT2D eigenvalue weighted by Gasteiger charge is 2.31. The predicted octanol–water partition coefficient (Wildman–Crippen LogP) is 3.65. The average molecular weight is 443 g/mol. The molecule has 1 fully saturated rings. The first-order valence-electron chi connectivity index (χ1n) is 8.41. The normalized spacial score (nSPS) is 17.7. The lowest BCUT2D eigenvalue weighted by molar-refractivity contribution is 0.0794. The Hall–Kier alpha value is 0.310. The van der Waals surface area contributed by atoms with Crippen molar-refractivity contribution in [1.82, 2.24) is 10.6 Å². The molecule has 1 aliphatic heterocycles. The molecule has 0 unspecified atom stereocenters. The van der Waals surface area contributed by atoms with Crippen LogP contribution in [0.25, 0.3) is 0 Å². The molecule has 0 aromatic heterocycles. The molecule has 1 aliphatic rings. The minimum absolute atomic E-state index is 0. The summed E-state index contributed by atoms with van der Waals surface area (Å²) in [7, 11) is 0. The number of ether oxygens (including phenoxy) is 1. The van der Waals surface area contributed by atoms with E-state index in [4.69, 9.17) is 9.73 Å². The van der Waals surface area contributed by atoms with Gasteiger partial charge in [0.15, 0.2) is 5.96 Å². The van der Waals surface area contributed by atoms with Crippen molar-refractivity contribution in [2.24, 2.45) is 4.99 Å². The Labute approximate surface area is 158 Å². The van der Waals surface area contributed by atoms with Gasteiger partial charge in [0.2, 0.25) is 0 Å². The van der Waals surface area contributed by atoms with E-state index in [2.05, 4.69) is 30.7 Å². The van der Waals surface area contributed by atoms with Crippen LogP contribution < -0.4 is 10.6 Å². The van der Waals surface area contributed by atoms with Crippen molar-refractivity contribution in [3.05, 3.63) is 0 Å². The zero-order chi connectivity index (χ0) is 15.4. The van der Waals surface area contributed by atoms with Gasteiger partial charge in [-0.05, 0) is 32.4 Å². The zero-order valence-corrected chi connectivity index (χ0v) is 17.6. The fourth-order valence-electron chi connectivity index (χ4n) is 2.49. The summed E-state index contributed by atoms with van der Waals surface area (Å²) >= 11 is 1.95. The van der Waals surface area contributed by atoms with Gasteiger partial charge < -0.3 is 15.4 Å². The zero-order valence-electron chi connectivity index (χ0n) is 14.5. The second kappa shape index (κ2) is 13.7. The van der Waals surface area contributed by atoms with Crippen molar-refractivity contribution >= 4 is 41.7 Å². The highest BCUT2D eigenvalue weighted by Crippen LogP contribution is 2.33. The molecule has 4 nitrogen and oxygen atoms in total. The summed E-state index contributed by atoms with van der Waals surface area (Å²) in [6.07, 6.45) is 9.54. The Balaban J connectivity index is 0.00000441. The number of nitrogens with one attached hydrogen (secondary N) is 2. The van der Waals surface area contributed by atoms with Gasteiger partial charge in [-0.25, -0.2) is 0 Å². The van der Waals surface area contributed by atoms with E-state index in [9.17, 15) is 0 Å². The van der Waals surface area contributed by atoms with Gasteiger partial charge in [-0.1, -0.05) is 26.2 Å². The molecule has 0 saturated carbocycles. The summed E-state index contributed by atoms with van der Waals surface area (Å²) in [5, 5.41) is 6.81. The van der Waals surface area contributed by atoms with Gasteiger partial charge in [0, 0.05) is 31.1 Å². The van der Waals surface area contributed by atoms with Crippen molar-refractivity contribution in [2.75, 3.05) is 39.1 Å². The number of unbranched alkanes of at least 4 members (excludes halogenated alkanes) is 3. The smallest absolute Gasteiger partial charge is 0.191 e. The van der Waals surface area contributed by atoms with Crippen LogP contribution in [-0.4, -0.2) is 49.8 Å².